The van der Waals surface area contributed by atoms with Crippen LogP contribution in [0.1, 0.15) is 57.3 Å². The number of hydrogen-bond acceptors (Lipinski definition) is 6. The van der Waals surface area contributed by atoms with Gasteiger partial charge in [0.2, 0.25) is 0 Å². The van der Waals surface area contributed by atoms with Crippen LogP contribution in [0.4, 0.5) is 5.82 Å². The Kier molecular flexibility index (Phi) is 7.64. The van der Waals surface area contributed by atoms with Gasteiger partial charge in [-0.05, 0) is 44.0 Å². The number of anilines is 1. The van der Waals surface area contributed by atoms with E-state index in [1.165, 1.54) is 12.8 Å². The van der Waals surface area contributed by atoms with E-state index in [1.807, 2.05) is 39.8 Å². The van der Waals surface area contributed by atoms with Crippen molar-refractivity contribution in [2.45, 2.75) is 47.0 Å². The molecular formula is C24H38N4O2. The second kappa shape index (κ2) is 10.0. The molecule has 0 spiro atoms. The number of piperidine rings is 1. The number of ketones is 2. The predicted molar refractivity (Wildman–Crippen MR) is 121 cm³/mol. The highest BCUT2D eigenvalue weighted by Crippen LogP contribution is 2.23. The van der Waals surface area contributed by atoms with Crippen LogP contribution in [0.2, 0.25) is 0 Å². The van der Waals surface area contributed by atoms with Gasteiger partial charge in [0.1, 0.15) is 11.6 Å². The van der Waals surface area contributed by atoms with Crippen LogP contribution in [-0.4, -0.2) is 78.7 Å². The summed E-state index contributed by atoms with van der Waals surface area (Å²) < 4.78 is 0. The molecule has 3 rings (SSSR count). The monoisotopic (exact) mass is 414 g/mol. The molecule has 0 amide bonds. The van der Waals surface area contributed by atoms with Crippen molar-refractivity contribution in [2.24, 2.45) is 11.3 Å². The van der Waals surface area contributed by atoms with Crippen LogP contribution in [0, 0.1) is 11.3 Å². The minimum Gasteiger partial charge on any atom is -0.354 e. The van der Waals surface area contributed by atoms with Crippen molar-refractivity contribution in [3.63, 3.8) is 0 Å². The minimum atomic E-state index is -0.378. The Balaban J connectivity index is 1.42. The highest BCUT2D eigenvalue weighted by Gasteiger charge is 2.26. The van der Waals surface area contributed by atoms with Crippen LogP contribution in [0.25, 0.3) is 0 Å². The van der Waals surface area contributed by atoms with Gasteiger partial charge in [-0.2, -0.15) is 0 Å². The first-order valence-corrected chi connectivity index (χ1v) is 11.5. The smallest absolute Gasteiger partial charge is 0.169 e. The van der Waals surface area contributed by atoms with E-state index in [0.717, 1.165) is 57.5 Å². The highest BCUT2D eigenvalue weighted by atomic mass is 16.1. The number of piperazine rings is 1. The fourth-order valence-corrected chi connectivity index (χ4v) is 4.35. The van der Waals surface area contributed by atoms with Crippen LogP contribution < -0.4 is 4.90 Å². The maximum absolute atomic E-state index is 12.4. The summed E-state index contributed by atoms with van der Waals surface area (Å²) in [7, 11) is 0. The van der Waals surface area contributed by atoms with Crippen molar-refractivity contribution in [3.8, 4) is 0 Å². The van der Waals surface area contributed by atoms with E-state index in [-0.39, 0.29) is 11.2 Å². The van der Waals surface area contributed by atoms with Crippen molar-refractivity contribution in [2.75, 3.05) is 57.3 Å². The molecule has 0 bridgehead atoms. The number of pyridine rings is 1. The third kappa shape index (κ3) is 6.11. The summed E-state index contributed by atoms with van der Waals surface area (Å²) in [5.41, 5.74) is 0.313. The van der Waals surface area contributed by atoms with Gasteiger partial charge in [-0.25, -0.2) is 4.98 Å². The molecule has 0 N–H and O–H groups in total. The van der Waals surface area contributed by atoms with Crippen molar-refractivity contribution in [1.82, 2.24) is 14.8 Å². The maximum Gasteiger partial charge on any atom is 0.169 e. The molecule has 2 fully saturated rings. The number of nitrogens with zero attached hydrogens (tertiary/aromatic N) is 4. The van der Waals surface area contributed by atoms with Gasteiger partial charge in [0, 0.05) is 56.3 Å². The minimum absolute atomic E-state index is 0.136. The quantitative estimate of drug-likeness (QED) is 0.639. The zero-order chi connectivity index (χ0) is 21.7. The molecule has 2 aliphatic heterocycles. The molecule has 6 nitrogen and oxygen atoms in total. The van der Waals surface area contributed by atoms with Crippen LogP contribution in [0.3, 0.4) is 0 Å². The summed E-state index contributed by atoms with van der Waals surface area (Å²) in [6, 6.07) is 3.90. The largest absolute Gasteiger partial charge is 0.354 e. The lowest BCUT2D eigenvalue weighted by molar-refractivity contribution is -0.120. The van der Waals surface area contributed by atoms with Gasteiger partial charge in [-0.15, -0.1) is 0 Å². The topological polar surface area (TPSA) is 56.8 Å². The molecule has 30 heavy (non-hydrogen) atoms. The Morgan fingerprint density at radius 1 is 1.00 bits per heavy atom. The van der Waals surface area contributed by atoms with E-state index in [4.69, 9.17) is 0 Å². The van der Waals surface area contributed by atoms with Gasteiger partial charge in [0.15, 0.2) is 5.78 Å². The fraction of sp³-hybridized carbons (Fsp3) is 0.708. The Bertz CT molecular complexity index is 710. The number of rotatable bonds is 7. The summed E-state index contributed by atoms with van der Waals surface area (Å²) in [5, 5.41) is 0. The van der Waals surface area contributed by atoms with Gasteiger partial charge >= 0.3 is 0 Å². The molecular weight excluding hydrogens is 376 g/mol. The van der Waals surface area contributed by atoms with Crippen molar-refractivity contribution in [3.05, 3.63) is 23.9 Å². The fourth-order valence-electron chi connectivity index (χ4n) is 4.35. The number of aromatic nitrogens is 1. The van der Waals surface area contributed by atoms with Crippen LogP contribution in [-0.2, 0) is 4.79 Å². The Morgan fingerprint density at radius 3 is 2.20 bits per heavy atom. The van der Waals surface area contributed by atoms with Gasteiger partial charge in [0.25, 0.3) is 0 Å². The second-order valence-electron chi connectivity index (χ2n) is 9.88. The molecule has 166 valence electrons. The second-order valence-corrected chi connectivity index (χ2v) is 9.88. The molecule has 2 saturated heterocycles. The maximum atomic E-state index is 12.4. The standard InChI is InChI=1S/C24H38N4O2/c1-5-21(29)18-26-10-8-19(9-11-26)17-27-12-14-28(15-13-27)22-7-6-20(16-25-22)23(30)24(2,3)4/h6-7,16,19H,5,8-15,17-18H2,1-4H3. The molecule has 3 heterocycles. The van der Waals surface area contributed by atoms with Gasteiger partial charge < -0.3 is 4.90 Å². The summed E-state index contributed by atoms with van der Waals surface area (Å²) in [5.74, 6) is 2.20. The molecule has 6 heteroatoms. The number of carbonyl (C=O) groups excluding carboxylic acids is 2. The molecule has 0 unspecified atom stereocenters. The van der Waals surface area contributed by atoms with E-state index in [1.54, 1.807) is 6.20 Å². The molecule has 0 aromatic carbocycles. The number of carbonyl (C=O) groups is 2. The first-order chi connectivity index (χ1) is 14.3. The lowest BCUT2D eigenvalue weighted by Crippen LogP contribution is -2.49. The van der Waals surface area contributed by atoms with E-state index < -0.39 is 0 Å². The Labute approximate surface area is 181 Å². The van der Waals surface area contributed by atoms with Gasteiger partial charge in [-0.1, -0.05) is 27.7 Å². The SMILES string of the molecule is CCC(=O)CN1CCC(CN2CCN(c3ccc(C(=O)C(C)(C)C)cn3)CC2)CC1. The molecule has 2 aliphatic rings. The zero-order valence-electron chi connectivity index (χ0n) is 19.2. The first kappa shape index (κ1) is 22.9. The average Bonchev–Trinajstić information content (AvgIpc) is 2.74. The van der Waals surface area contributed by atoms with Crippen LogP contribution >= 0.6 is 0 Å². The van der Waals surface area contributed by atoms with Crippen molar-refractivity contribution in [1.29, 1.82) is 0 Å². The van der Waals surface area contributed by atoms with E-state index in [0.29, 0.717) is 24.3 Å². The Hall–Kier alpha value is -1.79. The molecule has 0 radical (unpaired) electrons. The molecule has 0 aliphatic carbocycles. The normalized spacial score (nSPS) is 19.8. The number of hydrogen-bond donors (Lipinski definition) is 0. The lowest BCUT2D eigenvalue weighted by Gasteiger charge is -2.39. The van der Waals surface area contributed by atoms with E-state index in [2.05, 4.69) is 19.7 Å². The number of likely N-dealkylation sites (tertiary alicyclic amines) is 1. The first-order valence-electron chi connectivity index (χ1n) is 11.5. The lowest BCUT2D eigenvalue weighted by atomic mass is 9.87. The van der Waals surface area contributed by atoms with E-state index >= 15 is 0 Å². The molecule has 1 aromatic rings. The average molecular weight is 415 g/mol. The highest BCUT2D eigenvalue weighted by molar-refractivity contribution is 5.99. The zero-order valence-corrected chi connectivity index (χ0v) is 19.2. The molecule has 0 saturated carbocycles. The van der Waals surface area contributed by atoms with E-state index in [9.17, 15) is 9.59 Å². The van der Waals surface area contributed by atoms with Gasteiger partial charge in [-0.3, -0.25) is 19.4 Å². The number of Topliss-reactive ketones (excluding diaryl/α,β-unsaturated/α-hetero) is 2. The third-order valence-corrected chi connectivity index (χ3v) is 6.41. The molecule has 1 aromatic heterocycles. The van der Waals surface area contributed by atoms with Crippen LogP contribution in [0.15, 0.2) is 18.3 Å². The van der Waals surface area contributed by atoms with Crippen LogP contribution in [0.5, 0.6) is 0 Å². The third-order valence-electron chi connectivity index (χ3n) is 6.41. The summed E-state index contributed by atoms with van der Waals surface area (Å²) >= 11 is 0. The summed E-state index contributed by atoms with van der Waals surface area (Å²) in [6.07, 6.45) is 4.77. The molecule has 0 atom stereocenters. The summed E-state index contributed by atoms with van der Waals surface area (Å²) in [4.78, 5) is 35.8. The van der Waals surface area contributed by atoms with Crippen molar-refractivity contribution >= 4 is 17.4 Å². The predicted octanol–water partition coefficient (Wildman–Crippen LogP) is 3.12. The Morgan fingerprint density at radius 2 is 1.67 bits per heavy atom. The van der Waals surface area contributed by atoms with Crippen molar-refractivity contribution < 1.29 is 9.59 Å². The summed E-state index contributed by atoms with van der Waals surface area (Å²) in [6.45, 7) is 15.7. The van der Waals surface area contributed by atoms with Gasteiger partial charge in [0.05, 0.1) is 6.54 Å².